The Kier molecular flexibility index (Phi) is 4.79. The summed E-state index contributed by atoms with van der Waals surface area (Å²) in [5.41, 5.74) is 3.05. The minimum absolute atomic E-state index is 0.0196. The predicted octanol–water partition coefficient (Wildman–Crippen LogP) is 5.64. The molecule has 0 heterocycles. The highest BCUT2D eigenvalue weighted by atomic mass is 79.9. The molecule has 2 aromatic rings. The van der Waals surface area contributed by atoms with Gasteiger partial charge in [0.1, 0.15) is 0 Å². The Bertz CT molecular complexity index is 661. The highest BCUT2D eigenvalue weighted by Crippen LogP contribution is 2.22. The summed E-state index contributed by atoms with van der Waals surface area (Å²) in [7, 11) is 0. The molecule has 2 heteroatoms. The van der Waals surface area contributed by atoms with Gasteiger partial charge in [-0.1, -0.05) is 79.2 Å². The van der Waals surface area contributed by atoms with Gasteiger partial charge in [-0.25, -0.2) is 0 Å². The maximum absolute atomic E-state index is 12.2. The molecule has 0 unspecified atom stereocenters. The Morgan fingerprint density at radius 2 is 1.62 bits per heavy atom. The SMILES string of the molecule is CC(C)(C)c1ccc(C(=O)C=Cc2ccccc2Br)cc1. The molecule has 21 heavy (non-hydrogen) atoms. The summed E-state index contributed by atoms with van der Waals surface area (Å²) < 4.78 is 0.983. The van der Waals surface area contributed by atoms with E-state index >= 15 is 0 Å². The van der Waals surface area contributed by atoms with Crippen molar-refractivity contribution in [3.05, 3.63) is 75.8 Å². The summed E-state index contributed by atoms with van der Waals surface area (Å²) in [5, 5.41) is 0. The maximum atomic E-state index is 12.2. The number of hydrogen-bond acceptors (Lipinski definition) is 1. The summed E-state index contributed by atoms with van der Waals surface area (Å²) in [6.45, 7) is 6.49. The smallest absolute Gasteiger partial charge is 0.185 e. The molecule has 0 saturated carbocycles. The van der Waals surface area contributed by atoms with Gasteiger partial charge in [-0.15, -0.1) is 0 Å². The fraction of sp³-hybridized carbons (Fsp3) is 0.211. The van der Waals surface area contributed by atoms with Gasteiger partial charge in [0.25, 0.3) is 0 Å². The van der Waals surface area contributed by atoms with Crippen LogP contribution in [0.4, 0.5) is 0 Å². The largest absolute Gasteiger partial charge is 0.289 e. The molecule has 0 aliphatic rings. The average Bonchev–Trinajstić information content (AvgIpc) is 2.45. The van der Waals surface area contributed by atoms with E-state index in [-0.39, 0.29) is 11.2 Å². The van der Waals surface area contributed by atoms with E-state index in [4.69, 9.17) is 0 Å². The van der Waals surface area contributed by atoms with E-state index in [0.29, 0.717) is 5.56 Å². The lowest BCUT2D eigenvalue weighted by Gasteiger charge is -2.18. The summed E-state index contributed by atoms with van der Waals surface area (Å²) in [6.07, 6.45) is 3.45. The van der Waals surface area contributed by atoms with Crippen LogP contribution in [0.15, 0.2) is 59.1 Å². The molecule has 0 saturated heterocycles. The highest BCUT2D eigenvalue weighted by molar-refractivity contribution is 9.10. The van der Waals surface area contributed by atoms with Gasteiger partial charge in [-0.05, 0) is 34.8 Å². The number of benzene rings is 2. The number of carbonyl (C=O) groups excluding carboxylic acids is 1. The molecule has 0 radical (unpaired) electrons. The normalized spacial score (nSPS) is 11.8. The van der Waals surface area contributed by atoms with Crippen molar-refractivity contribution in [2.75, 3.05) is 0 Å². The molecular formula is C19H19BrO. The van der Waals surface area contributed by atoms with Crippen LogP contribution in [0.3, 0.4) is 0 Å². The third-order valence-corrected chi connectivity index (χ3v) is 4.08. The van der Waals surface area contributed by atoms with Gasteiger partial charge in [-0.2, -0.15) is 0 Å². The van der Waals surface area contributed by atoms with Crippen molar-refractivity contribution in [1.82, 2.24) is 0 Å². The van der Waals surface area contributed by atoms with Crippen molar-refractivity contribution in [1.29, 1.82) is 0 Å². The second-order valence-corrected chi connectivity index (χ2v) is 6.90. The fourth-order valence-electron chi connectivity index (χ4n) is 2.01. The van der Waals surface area contributed by atoms with E-state index in [1.165, 1.54) is 5.56 Å². The van der Waals surface area contributed by atoms with Crippen molar-refractivity contribution in [3.8, 4) is 0 Å². The van der Waals surface area contributed by atoms with Crippen LogP contribution in [0.5, 0.6) is 0 Å². The first-order chi connectivity index (χ1) is 9.88. The summed E-state index contributed by atoms with van der Waals surface area (Å²) in [4.78, 5) is 12.2. The van der Waals surface area contributed by atoms with E-state index in [2.05, 4.69) is 36.7 Å². The number of hydrogen-bond donors (Lipinski definition) is 0. The van der Waals surface area contributed by atoms with Gasteiger partial charge in [0.05, 0.1) is 0 Å². The Morgan fingerprint density at radius 1 is 1.00 bits per heavy atom. The Labute approximate surface area is 134 Å². The topological polar surface area (TPSA) is 17.1 Å². The monoisotopic (exact) mass is 342 g/mol. The first-order valence-electron chi connectivity index (χ1n) is 6.95. The van der Waals surface area contributed by atoms with Crippen molar-refractivity contribution in [3.63, 3.8) is 0 Å². The summed E-state index contributed by atoms with van der Waals surface area (Å²) >= 11 is 3.47. The first kappa shape index (κ1) is 15.7. The van der Waals surface area contributed by atoms with Crippen LogP contribution in [0.1, 0.15) is 42.3 Å². The molecular weight excluding hydrogens is 324 g/mol. The Morgan fingerprint density at radius 3 is 2.19 bits per heavy atom. The lowest BCUT2D eigenvalue weighted by molar-refractivity contribution is 0.104. The number of allylic oxidation sites excluding steroid dienone is 1. The minimum Gasteiger partial charge on any atom is -0.289 e. The third-order valence-electron chi connectivity index (χ3n) is 3.35. The van der Waals surface area contributed by atoms with Crippen LogP contribution in [0.2, 0.25) is 0 Å². The number of ketones is 1. The van der Waals surface area contributed by atoms with E-state index in [0.717, 1.165) is 10.0 Å². The third kappa shape index (κ3) is 4.15. The fourth-order valence-corrected chi connectivity index (χ4v) is 2.42. The number of carbonyl (C=O) groups is 1. The Balaban J connectivity index is 2.16. The molecule has 0 atom stereocenters. The Hall–Kier alpha value is -1.67. The summed E-state index contributed by atoms with van der Waals surface area (Å²) in [5.74, 6) is 0.0196. The molecule has 0 spiro atoms. The predicted molar refractivity (Wildman–Crippen MR) is 92.6 cm³/mol. The first-order valence-corrected chi connectivity index (χ1v) is 7.75. The van der Waals surface area contributed by atoms with Crippen LogP contribution in [-0.2, 0) is 5.41 Å². The summed E-state index contributed by atoms with van der Waals surface area (Å²) in [6, 6.07) is 15.7. The van der Waals surface area contributed by atoms with Crippen molar-refractivity contribution >= 4 is 27.8 Å². The zero-order chi connectivity index (χ0) is 15.5. The molecule has 0 fully saturated rings. The van der Waals surface area contributed by atoms with Crippen molar-refractivity contribution in [2.24, 2.45) is 0 Å². The minimum atomic E-state index is 0.0196. The number of halogens is 1. The van der Waals surface area contributed by atoms with E-state index < -0.39 is 0 Å². The molecule has 2 rings (SSSR count). The average molecular weight is 343 g/mol. The van der Waals surface area contributed by atoms with E-state index in [9.17, 15) is 4.79 Å². The van der Waals surface area contributed by atoms with Crippen LogP contribution >= 0.6 is 15.9 Å². The van der Waals surface area contributed by atoms with Crippen LogP contribution in [-0.4, -0.2) is 5.78 Å². The van der Waals surface area contributed by atoms with Crippen molar-refractivity contribution in [2.45, 2.75) is 26.2 Å². The molecule has 0 bridgehead atoms. The lowest BCUT2D eigenvalue weighted by Crippen LogP contribution is -2.11. The number of rotatable bonds is 3. The molecule has 1 nitrogen and oxygen atoms in total. The molecule has 2 aromatic carbocycles. The van der Waals surface area contributed by atoms with Gasteiger partial charge >= 0.3 is 0 Å². The second-order valence-electron chi connectivity index (χ2n) is 6.05. The molecule has 0 aliphatic carbocycles. The quantitative estimate of drug-likeness (QED) is 0.520. The lowest BCUT2D eigenvalue weighted by atomic mass is 9.86. The van der Waals surface area contributed by atoms with Gasteiger partial charge in [0, 0.05) is 10.0 Å². The van der Waals surface area contributed by atoms with Gasteiger partial charge < -0.3 is 0 Å². The highest BCUT2D eigenvalue weighted by Gasteiger charge is 2.13. The zero-order valence-corrected chi connectivity index (χ0v) is 14.1. The van der Waals surface area contributed by atoms with Gasteiger partial charge in [0.15, 0.2) is 5.78 Å². The van der Waals surface area contributed by atoms with E-state index in [1.54, 1.807) is 6.08 Å². The molecule has 0 aromatic heterocycles. The van der Waals surface area contributed by atoms with Gasteiger partial charge in [-0.3, -0.25) is 4.79 Å². The molecule has 108 valence electrons. The van der Waals surface area contributed by atoms with Crippen LogP contribution < -0.4 is 0 Å². The van der Waals surface area contributed by atoms with Gasteiger partial charge in [0.2, 0.25) is 0 Å². The second kappa shape index (κ2) is 6.40. The molecule has 0 aliphatic heterocycles. The standard InChI is InChI=1S/C19H19BrO/c1-19(2,3)16-11-8-15(9-12-16)18(21)13-10-14-6-4-5-7-17(14)20/h4-13H,1-3H3. The molecule has 0 N–H and O–H groups in total. The van der Waals surface area contributed by atoms with Crippen LogP contribution in [0, 0.1) is 0 Å². The molecule has 0 amide bonds. The zero-order valence-electron chi connectivity index (χ0n) is 12.6. The maximum Gasteiger partial charge on any atom is 0.185 e. The van der Waals surface area contributed by atoms with E-state index in [1.807, 2.05) is 54.6 Å². The van der Waals surface area contributed by atoms with Crippen molar-refractivity contribution < 1.29 is 4.79 Å². The van der Waals surface area contributed by atoms with Crippen LogP contribution in [0.25, 0.3) is 6.08 Å².